The predicted octanol–water partition coefficient (Wildman–Crippen LogP) is 4.87. The summed E-state index contributed by atoms with van der Waals surface area (Å²) in [4.78, 5) is 27.7. The van der Waals surface area contributed by atoms with E-state index in [9.17, 15) is 9.59 Å². The molecule has 0 aromatic heterocycles. The van der Waals surface area contributed by atoms with E-state index in [0.29, 0.717) is 25.3 Å². The van der Waals surface area contributed by atoms with Crippen LogP contribution in [0.25, 0.3) is 0 Å². The lowest BCUT2D eigenvalue weighted by atomic mass is 10.1. The first-order valence-corrected chi connectivity index (χ1v) is 11.9. The summed E-state index contributed by atoms with van der Waals surface area (Å²) in [5.74, 6) is 1.09. The van der Waals surface area contributed by atoms with Crippen molar-refractivity contribution in [1.29, 1.82) is 0 Å². The Labute approximate surface area is 185 Å². The monoisotopic (exact) mass is 426 g/mol. The van der Waals surface area contributed by atoms with Crippen LogP contribution in [-0.4, -0.2) is 35.1 Å². The Morgan fingerprint density at radius 2 is 1.83 bits per heavy atom. The molecule has 0 fully saturated rings. The molecule has 0 heterocycles. The van der Waals surface area contributed by atoms with Crippen molar-refractivity contribution in [3.8, 4) is 0 Å². The molecule has 0 aliphatic rings. The van der Waals surface area contributed by atoms with Crippen molar-refractivity contribution in [3.05, 3.63) is 70.8 Å². The van der Waals surface area contributed by atoms with E-state index in [-0.39, 0.29) is 11.8 Å². The first-order valence-electron chi connectivity index (χ1n) is 10.7. The van der Waals surface area contributed by atoms with E-state index in [1.54, 1.807) is 16.7 Å². The van der Waals surface area contributed by atoms with E-state index < -0.39 is 6.04 Å². The van der Waals surface area contributed by atoms with Crippen LogP contribution in [0.5, 0.6) is 0 Å². The molecule has 2 aromatic carbocycles. The minimum absolute atomic E-state index is 0.00795. The number of thioether (sulfide) groups is 1. The molecule has 0 saturated heterocycles. The topological polar surface area (TPSA) is 49.4 Å². The summed E-state index contributed by atoms with van der Waals surface area (Å²) in [5, 5.41) is 2.97. The van der Waals surface area contributed by atoms with Crippen molar-refractivity contribution in [2.45, 2.75) is 58.9 Å². The van der Waals surface area contributed by atoms with E-state index in [1.165, 1.54) is 11.1 Å². The van der Waals surface area contributed by atoms with E-state index in [2.05, 4.69) is 30.4 Å². The zero-order valence-electron chi connectivity index (χ0n) is 18.6. The van der Waals surface area contributed by atoms with Crippen molar-refractivity contribution in [2.75, 3.05) is 12.3 Å². The van der Waals surface area contributed by atoms with Crippen LogP contribution in [0.3, 0.4) is 0 Å². The summed E-state index contributed by atoms with van der Waals surface area (Å²) in [7, 11) is 0. The first-order chi connectivity index (χ1) is 14.5. The summed E-state index contributed by atoms with van der Waals surface area (Å²) in [6, 6.07) is 15.9. The molecule has 0 radical (unpaired) electrons. The van der Waals surface area contributed by atoms with Gasteiger partial charge in [-0.15, -0.1) is 11.8 Å². The second kappa shape index (κ2) is 12.4. The average molecular weight is 427 g/mol. The largest absolute Gasteiger partial charge is 0.354 e. The highest BCUT2D eigenvalue weighted by Crippen LogP contribution is 2.19. The highest BCUT2D eigenvalue weighted by molar-refractivity contribution is 7.99. The number of carbonyl (C=O) groups excluding carboxylic acids is 2. The molecule has 1 unspecified atom stereocenters. The molecule has 30 heavy (non-hydrogen) atoms. The molecule has 2 rings (SSSR count). The standard InChI is InChI=1S/C25H34N2O2S/c1-5-14-26-25(29)23(6-2)27(16-21-12-9-10-19(3)15-21)24(28)18-30-17-22-13-8-7-11-20(22)4/h7-13,15,23H,5-6,14,16-18H2,1-4H3,(H,26,29). The molecular weight excluding hydrogens is 392 g/mol. The fraction of sp³-hybridized carbons (Fsp3) is 0.440. The van der Waals surface area contributed by atoms with Gasteiger partial charge in [-0.05, 0) is 43.4 Å². The molecule has 162 valence electrons. The van der Waals surface area contributed by atoms with Gasteiger partial charge in [-0.3, -0.25) is 9.59 Å². The summed E-state index contributed by atoms with van der Waals surface area (Å²) >= 11 is 1.61. The van der Waals surface area contributed by atoms with Gasteiger partial charge in [-0.2, -0.15) is 0 Å². The van der Waals surface area contributed by atoms with Gasteiger partial charge in [-0.1, -0.05) is 67.9 Å². The van der Waals surface area contributed by atoms with Crippen molar-refractivity contribution in [2.24, 2.45) is 0 Å². The van der Waals surface area contributed by atoms with Gasteiger partial charge in [0.05, 0.1) is 5.75 Å². The zero-order valence-corrected chi connectivity index (χ0v) is 19.4. The van der Waals surface area contributed by atoms with Gasteiger partial charge in [0.2, 0.25) is 11.8 Å². The van der Waals surface area contributed by atoms with E-state index in [4.69, 9.17) is 0 Å². The van der Waals surface area contributed by atoms with Gasteiger partial charge in [0, 0.05) is 18.8 Å². The SMILES string of the molecule is CCCNC(=O)C(CC)N(Cc1cccc(C)c1)C(=O)CSCc1ccccc1C. The van der Waals surface area contributed by atoms with Crippen LogP contribution in [0.1, 0.15) is 48.9 Å². The lowest BCUT2D eigenvalue weighted by Crippen LogP contribution is -2.49. The van der Waals surface area contributed by atoms with Crippen molar-refractivity contribution in [1.82, 2.24) is 10.2 Å². The number of nitrogens with zero attached hydrogens (tertiary/aromatic N) is 1. The molecule has 0 bridgehead atoms. The van der Waals surface area contributed by atoms with Crippen LogP contribution in [0.2, 0.25) is 0 Å². The molecular formula is C25H34N2O2S. The number of aryl methyl sites for hydroxylation is 2. The third kappa shape index (κ3) is 7.21. The van der Waals surface area contributed by atoms with E-state index in [0.717, 1.165) is 23.3 Å². The summed E-state index contributed by atoms with van der Waals surface area (Å²) in [6.07, 6.45) is 1.47. The Kier molecular flexibility index (Phi) is 9.95. The maximum Gasteiger partial charge on any atom is 0.242 e. The minimum Gasteiger partial charge on any atom is -0.354 e. The van der Waals surface area contributed by atoms with Gasteiger partial charge in [0.1, 0.15) is 6.04 Å². The predicted molar refractivity (Wildman–Crippen MR) is 126 cm³/mol. The molecule has 0 saturated carbocycles. The summed E-state index contributed by atoms with van der Waals surface area (Å²) < 4.78 is 0. The Morgan fingerprint density at radius 3 is 2.50 bits per heavy atom. The Bertz CT molecular complexity index is 837. The highest BCUT2D eigenvalue weighted by Gasteiger charge is 2.28. The van der Waals surface area contributed by atoms with E-state index >= 15 is 0 Å². The Balaban J connectivity index is 2.12. The molecule has 1 atom stereocenters. The number of nitrogens with one attached hydrogen (secondary N) is 1. The van der Waals surface area contributed by atoms with Crippen LogP contribution in [0.4, 0.5) is 0 Å². The number of benzene rings is 2. The van der Waals surface area contributed by atoms with Crippen molar-refractivity contribution >= 4 is 23.6 Å². The van der Waals surface area contributed by atoms with Crippen molar-refractivity contribution < 1.29 is 9.59 Å². The number of hydrogen-bond acceptors (Lipinski definition) is 3. The average Bonchev–Trinajstić information content (AvgIpc) is 2.73. The summed E-state index contributed by atoms with van der Waals surface area (Å²) in [5.41, 5.74) is 4.68. The zero-order chi connectivity index (χ0) is 21.9. The molecule has 0 aliphatic carbocycles. The quantitative estimate of drug-likeness (QED) is 0.558. The van der Waals surface area contributed by atoms with Gasteiger partial charge in [0.25, 0.3) is 0 Å². The summed E-state index contributed by atoms with van der Waals surface area (Å²) in [6.45, 7) is 9.20. The Morgan fingerprint density at radius 1 is 1.07 bits per heavy atom. The number of hydrogen-bond donors (Lipinski definition) is 1. The molecule has 0 aliphatic heterocycles. The normalized spacial score (nSPS) is 11.7. The fourth-order valence-electron chi connectivity index (χ4n) is 3.40. The molecule has 2 amide bonds. The van der Waals surface area contributed by atoms with Crippen LogP contribution >= 0.6 is 11.8 Å². The number of rotatable bonds is 11. The van der Waals surface area contributed by atoms with E-state index in [1.807, 2.05) is 51.1 Å². The maximum absolute atomic E-state index is 13.2. The van der Waals surface area contributed by atoms with Crippen LogP contribution in [-0.2, 0) is 21.9 Å². The van der Waals surface area contributed by atoms with Crippen molar-refractivity contribution in [3.63, 3.8) is 0 Å². The third-order valence-corrected chi connectivity index (χ3v) is 6.08. The number of amides is 2. The lowest BCUT2D eigenvalue weighted by Gasteiger charge is -2.30. The fourth-order valence-corrected chi connectivity index (χ4v) is 4.38. The smallest absolute Gasteiger partial charge is 0.242 e. The first kappa shape index (κ1) is 24.0. The molecule has 5 heteroatoms. The van der Waals surface area contributed by atoms with Crippen LogP contribution in [0, 0.1) is 13.8 Å². The molecule has 4 nitrogen and oxygen atoms in total. The second-order valence-electron chi connectivity index (χ2n) is 7.65. The van der Waals surface area contributed by atoms with Gasteiger partial charge in [-0.25, -0.2) is 0 Å². The molecule has 1 N–H and O–H groups in total. The van der Waals surface area contributed by atoms with Gasteiger partial charge >= 0.3 is 0 Å². The maximum atomic E-state index is 13.2. The van der Waals surface area contributed by atoms with Gasteiger partial charge in [0.15, 0.2) is 0 Å². The highest BCUT2D eigenvalue weighted by atomic mass is 32.2. The molecule has 0 spiro atoms. The third-order valence-electron chi connectivity index (χ3n) is 5.11. The van der Waals surface area contributed by atoms with Gasteiger partial charge < -0.3 is 10.2 Å². The van der Waals surface area contributed by atoms with Crippen LogP contribution < -0.4 is 5.32 Å². The lowest BCUT2D eigenvalue weighted by molar-refractivity contribution is -0.139. The molecule has 2 aromatic rings. The Hall–Kier alpha value is -2.27. The minimum atomic E-state index is -0.455. The van der Waals surface area contributed by atoms with Crippen LogP contribution in [0.15, 0.2) is 48.5 Å². The second-order valence-corrected chi connectivity index (χ2v) is 8.63. The number of carbonyl (C=O) groups is 2.